The number of hydrogen-bond acceptors (Lipinski definition) is 3. The Morgan fingerprint density at radius 1 is 1.25 bits per heavy atom. The molecular formula is C14H20N2O4. The molecule has 0 aliphatic rings. The van der Waals surface area contributed by atoms with E-state index in [2.05, 4.69) is 10.6 Å². The number of carbonyl (C=O) groups excluding carboxylic acids is 1. The Labute approximate surface area is 117 Å². The second kappa shape index (κ2) is 8.16. The van der Waals surface area contributed by atoms with Crippen LogP contribution in [-0.2, 0) is 11.2 Å². The van der Waals surface area contributed by atoms with Gasteiger partial charge in [0.25, 0.3) is 5.91 Å². The highest BCUT2D eigenvalue weighted by Gasteiger charge is 2.26. The van der Waals surface area contributed by atoms with Crippen molar-refractivity contribution in [2.75, 3.05) is 6.54 Å². The van der Waals surface area contributed by atoms with Gasteiger partial charge < -0.3 is 20.8 Å². The zero-order valence-electron chi connectivity index (χ0n) is 11.4. The molecule has 0 saturated carbocycles. The predicted octanol–water partition coefficient (Wildman–Crippen LogP) is 0.752. The van der Waals surface area contributed by atoms with E-state index in [0.29, 0.717) is 19.4 Å². The smallest absolute Gasteiger partial charge is 0.404 e. The van der Waals surface area contributed by atoms with Gasteiger partial charge in [-0.3, -0.25) is 4.79 Å². The number of benzene rings is 1. The van der Waals surface area contributed by atoms with E-state index >= 15 is 0 Å². The molecule has 6 heteroatoms. The van der Waals surface area contributed by atoms with Crippen LogP contribution in [0, 0.1) is 0 Å². The number of nitrogens with one attached hydrogen (secondary N) is 2. The maximum Gasteiger partial charge on any atom is 0.404 e. The first-order chi connectivity index (χ1) is 9.54. The lowest BCUT2D eigenvalue weighted by Gasteiger charge is -2.22. The van der Waals surface area contributed by atoms with Crippen molar-refractivity contribution in [2.45, 2.75) is 31.9 Å². The average molecular weight is 280 g/mol. The van der Waals surface area contributed by atoms with Crippen molar-refractivity contribution in [1.29, 1.82) is 0 Å². The maximum absolute atomic E-state index is 11.6. The minimum Gasteiger partial charge on any atom is -0.465 e. The molecule has 110 valence electrons. The molecule has 0 aromatic heterocycles. The molecule has 4 N–H and O–H groups in total. The van der Waals surface area contributed by atoms with Crippen LogP contribution in [0.1, 0.15) is 18.9 Å². The SMILES string of the molecule is CCNC(=O)C(O)[C@H](CCc1ccccc1)NC(=O)O. The van der Waals surface area contributed by atoms with E-state index in [1.54, 1.807) is 6.92 Å². The number of aryl methyl sites for hydroxylation is 1. The van der Waals surface area contributed by atoms with E-state index in [0.717, 1.165) is 5.56 Å². The molecule has 2 atom stereocenters. The van der Waals surface area contributed by atoms with Crippen LogP contribution < -0.4 is 10.6 Å². The Morgan fingerprint density at radius 2 is 1.90 bits per heavy atom. The van der Waals surface area contributed by atoms with Crippen LogP contribution in [-0.4, -0.2) is 40.9 Å². The van der Waals surface area contributed by atoms with Crippen molar-refractivity contribution in [3.8, 4) is 0 Å². The van der Waals surface area contributed by atoms with Gasteiger partial charge in [0.05, 0.1) is 6.04 Å². The fourth-order valence-corrected chi connectivity index (χ4v) is 1.90. The van der Waals surface area contributed by atoms with E-state index in [9.17, 15) is 14.7 Å². The van der Waals surface area contributed by atoms with Gasteiger partial charge in [0, 0.05) is 6.54 Å². The van der Waals surface area contributed by atoms with Crippen molar-refractivity contribution < 1.29 is 19.8 Å². The molecule has 1 aromatic rings. The lowest BCUT2D eigenvalue weighted by Crippen LogP contribution is -2.50. The second-order valence-corrected chi connectivity index (χ2v) is 4.42. The molecule has 6 nitrogen and oxygen atoms in total. The Balaban J connectivity index is 2.64. The maximum atomic E-state index is 11.6. The summed E-state index contributed by atoms with van der Waals surface area (Å²) in [5.74, 6) is -0.570. The summed E-state index contributed by atoms with van der Waals surface area (Å²) in [6, 6.07) is 8.65. The van der Waals surface area contributed by atoms with Crippen molar-refractivity contribution in [3.63, 3.8) is 0 Å². The standard InChI is InChI=1S/C14H20N2O4/c1-2-15-13(18)12(17)11(16-14(19)20)9-8-10-6-4-3-5-7-10/h3-7,11-12,16-17H,2,8-9H2,1H3,(H,15,18)(H,19,20)/t11-,12?/m0/s1. The predicted molar refractivity (Wildman–Crippen MR) is 74.4 cm³/mol. The van der Waals surface area contributed by atoms with Gasteiger partial charge in [-0.25, -0.2) is 4.79 Å². The third kappa shape index (κ3) is 5.27. The number of amides is 2. The fraction of sp³-hybridized carbons (Fsp3) is 0.429. The summed E-state index contributed by atoms with van der Waals surface area (Å²) in [6.07, 6.45) is -1.74. The van der Waals surface area contributed by atoms with Gasteiger partial charge in [-0.2, -0.15) is 0 Å². The zero-order valence-corrected chi connectivity index (χ0v) is 11.4. The Morgan fingerprint density at radius 3 is 2.45 bits per heavy atom. The van der Waals surface area contributed by atoms with Gasteiger partial charge in [0.1, 0.15) is 0 Å². The second-order valence-electron chi connectivity index (χ2n) is 4.42. The molecular weight excluding hydrogens is 260 g/mol. The number of rotatable bonds is 7. The molecule has 0 heterocycles. The summed E-state index contributed by atoms with van der Waals surface area (Å²) in [5.41, 5.74) is 1.02. The van der Waals surface area contributed by atoms with Gasteiger partial charge >= 0.3 is 6.09 Å². The zero-order chi connectivity index (χ0) is 15.0. The monoisotopic (exact) mass is 280 g/mol. The molecule has 0 bridgehead atoms. The molecule has 0 radical (unpaired) electrons. The van der Waals surface area contributed by atoms with Crippen LogP contribution in [0.25, 0.3) is 0 Å². The van der Waals surface area contributed by atoms with Crippen molar-refractivity contribution in [2.24, 2.45) is 0 Å². The highest BCUT2D eigenvalue weighted by atomic mass is 16.4. The third-order valence-electron chi connectivity index (χ3n) is 2.90. The molecule has 0 spiro atoms. The summed E-state index contributed by atoms with van der Waals surface area (Å²) < 4.78 is 0. The van der Waals surface area contributed by atoms with Crippen LogP contribution in [0.15, 0.2) is 30.3 Å². The lowest BCUT2D eigenvalue weighted by atomic mass is 10.0. The fourth-order valence-electron chi connectivity index (χ4n) is 1.90. The van der Waals surface area contributed by atoms with E-state index in [1.165, 1.54) is 0 Å². The van der Waals surface area contributed by atoms with Crippen LogP contribution in [0.4, 0.5) is 4.79 Å². The summed E-state index contributed by atoms with van der Waals surface area (Å²) in [4.78, 5) is 22.3. The number of carbonyl (C=O) groups is 2. The van der Waals surface area contributed by atoms with E-state index in [-0.39, 0.29) is 0 Å². The summed E-state index contributed by atoms with van der Waals surface area (Å²) in [5, 5.41) is 23.4. The van der Waals surface area contributed by atoms with Crippen molar-refractivity contribution in [3.05, 3.63) is 35.9 Å². The first kappa shape index (κ1) is 16.0. The van der Waals surface area contributed by atoms with Crippen LogP contribution in [0.3, 0.4) is 0 Å². The summed E-state index contributed by atoms with van der Waals surface area (Å²) in [7, 11) is 0. The third-order valence-corrected chi connectivity index (χ3v) is 2.90. The highest BCUT2D eigenvalue weighted by molar-refractivity contribution is 5.82. The molecule has 1 rings (SSSR count). The van der Waals surface area contributed by atoms with Gasteiger partial charge in [0.15, 0.2) is 6.10 Å². The molecule has 1 aromatic carbocycles. The lowest BCUT2D eigenvalue weighted by molar-refractivity contribution is -0.130. The molecule has 0 aliphatic carbocycles. The Kier molecular flexibility index (Phi) is 6.52. The minimum atomic E-state index is -1.39. The first-order valence-electron chi connectivity index (χ1n) is 6.53. The number of carboxylic acid groups (broad SMARTS) is 1. The first-order valence-corrected chi connectivity index (χ1v) is 6.53. The van der Waals surface area contributed by atoms with Crippen molar-refractivity contribution in [1.82, 2.24) is 10.6 Å². The molecule has 20 heavy (non-hydrogen) atoms. The number of likely N-dealkylation sites (N-methyl/N-ethyl adjacent to an activating group) is 1. The highest BCUT2D eigenvalue weighted by Crippen LogP contribution is 2.08. The van der Waals surface area contributed by atoms with Crippen molar-refractivity contribution >= 4 is 12.0 Å². The Bertz CT molecular complexity index is 436. The van der Waals surface area contributed by atoms with E-state index in [1.807, 2.05) is 30.3 Å². The quantitative estimate of drug-likeness (QED) is 0.592. The van der Waals surface area contributed by atoms with Crippen LogP contribution >= 0.6 is 0 Å². The number of hydrogen-bond donors (Lipinski definition) is 4. The van der Waals surface area contributed by atoms with E-state index in [4.69, 9.17) is 5.11 Å². The van der Waals surface area contributed by atoms with Gasteiger partial charge in [0.2, 0.25) is 0 Å². The van der Waals surface area contributed by atoms with Gasteiger partial charge in [-0.05, 0) is 25.3 Å². The summed E-state index contributed by atoms with van der Waals surface area (Å²) >= 11 is 0. The topological polar surface area (TPSA) is 98.7 Å². The molecule has 0 aliphatic heterocycles. The molecule has 2 amide bonds. The normalized spacial score (nSPS) is 13.3. The number of aliphatic hydroxyl groups is 1. The summed E-state index contributed by atoms with van der Waals surface area (Å²) in [6.45, 7) is 2.11. The minimum absolute atomic E-state index is 0.342. The number of aliphatic hydroxyl groups excluding tert-OH is 1. The van der Waals surface area contributed by atoms with Gasteiger partial charge in [-0.15, -0.1) is 0 Å². The largest absolute Gasteiger partial charge is 0.465 e. The van der Waals surface area contributed by atoms with Gasteiger partial charge in [-0.1, -0.05) is 30.3 Å². The molecule has 0 fully saturated rings. The molecule has 0 saturated heterocycles. The van der Waals surface area contributed by atoms with Crippen LogP contribution in [0.5, 0.6) is 0 Å². The van der Waals surface area contributed by atoms with E-state index < -0.39 is 24.1 Å². The molecule has 1 unspecified atom stereocenters. The average Bonchev–Trinajstić information content (AvgIpc) is 2.43. The van der Waals surface area contributed by atoms with Crippen LogP contribution in [0.2, 0.25) is 0 Å². The Hall–Kier alpha value is -2.08.